The van der Waals surface area contributed by atoms with Gasteiger partial charge < -0.3 is 15.2 Å². The standard InChI is InChI=1S/C11H18N4O/c1-9-13-2-3-14(9)4-5-15-8-10(7-12)6-11(15)16/h2-3,10H,4-8,12H2,1H3. The number of nitrogens with two attached hydrogens (primary N) is 1. The Morgan fingerprint density at radius 3 is 2.94 bits per heavy atom. The van der Waals surface area contributed by atoms with Gasteiger partial charge in [-0.05, 0) is 19.4 Å². The zero-order valence-corrected chi connectivity index (χ0v) is 9.59. The van der Waals surface area contributed by atoms with E-state index < -0.39 is 0 Å². The van der Waals surface area contributed by atoms with Crippen LogP contribution in [0.2, 0.25) is 0 Å². The van der Waals surface area contributed by atoms with Crippen molar-refractivity contribution in [1.29, 1.82) is 0 Å². The van der Waals surface area contributed by atoms with Crippen molar-refractivity contribution in [1.82, 2.24) is 14.5 Å². The number of imidazole rings is 1. The molecule has 88 valence electrons. The first-order valence-corrected chi connectivity index (χ1v) is 5.66. The Balaban J connectivity index is 1.87. The van der Waals surface area contributed by atoms with E-state index in [0.717, 1.165) is 25.5 Å². The molecule has 2 rings (SSSR count). The Bertz CT molecular complexity index is 374. The van der Waals surface area contributed by atoms with Gasteiger partial charge in [0.25, 0.3) is 0 Å². The summed E-state index contributed by atoms with van der Waals surface area (Å²) in [6, 6.07) is 0. The molecule has 2 heterocycles. The predicted octanol–water partition coefficient (Wildman–Crippen LogP) is -0.00128. The second kappa shape index (κ2) is 4.65. The fraction of sp³-hybridized carbons (Fsp3) is 0.636. The lowest BCUT2D eigenvalue weighted by Gasteiger charge is -2.17. The second-order valence-electron chi connectivity index (χ2n) is 4.31. The van der Waals surface area contributed by atoms with E-state index in [2.05, 4.69) is 9.55 Å². The molecule has 0 aliphatic carbocycles. The molecule has 1 fully saturated rings. The second-order valence-corrected chi connectivity index (χ2v) is 4.31. The molecule has 1 atom stereocenters. The molecular weight excluding hydrogens is 204 g/mol. The highest BCUT2D eigenvalue weighted by atomic mass is 16.2. The summed E-state index contributed by atoms with van der Waals surface area (Å²) in [5.41, 5.74) is 5.58. The zero-order valence-electron chi connectivity index (χ0n) is 9.59. The van der Waals surface area contributed by atoms with Crippen LogP contribution in [-0.4, -0.2) is 40.0 Å². The highest BCUT2D eigenvalue weighted by Crippen LogP contribution is 2.16. The fourth-order valence-corrected chi connectivity index (χ4v) is 2.10. The SMILES string of the molecule is Cc1nccn1CCN1CC(CN)CC1=O. The summed E-state index contributed by atoms with van der Waals surface area (Å²) in [5.74, 6) is 1.56. The van der Waals surface area contributed by atoms with Crippen LogP contribution in [0.25, 0.3) is 0 Å². The molecule has 1 aliphatic rings. The molecule has 1 aliphatic heterocycles. The van der Waals surface area contributed by atoms with Crippen molar-refractivity contribution < 1.29 is 4.79 Å². The van der Waals surface area contributed by atoms with Gasteiger partial charge >= 0.3 is 0 Å². The number of aryl methyl sites for hydroxylation is 1. The Morgan fingerprint density at radius 2 is 2.38 bits per heavy atom. The summed E-state index contributed by atoms with van der Waals surface area (Å²) < 4.78 is 2.06. The summed E-state index contributed by atoms with van der Waals surface area (Å²) in [4.78, 5) is 17.7. The van der Waals surface area contributed by atoms with E-state index in [0.29, 0.717) is 18.9 Å². The normalized spacial score (nSPS) is 20.8. The first kappa shape index (κ1) is 11.1. The molecule has 0 saturated carbocycles. The quantitative estimate of drug-likeness (QED) is 0.780. The van der Waals surface area contributed by atoms with Gasteiger partial charge in [-0.15, -0.1) is 0 Å². The third kappa shape index (κ3) is 2.24. The number of likely N-dealkylation sites (tertiary alicyclic amines) is 1. The van der Waals surface area contributed by atoms with Crippen LogP contribution in [0, 0.1) is 12.8 Å². The topological polar surface area (TPSA) is 64.2 Å². The fourth-order valence-electron chi connectivity index (χ4n) is 2.10. The highest BCUT2D eigenvalue weighted by Gasteiger charge is 2.27. The summed E-state index contributed by atoms with van der Waals surface area (Å²) in [5, 5.41) is 0. The third-order valence-electron chi connectivity index (χ3n) is 3.16. The van der Waals surface area contributed by atoms with E-state index in [-0.39, 0.29) is 5.91 Å². The number of aromatic nitrogens is 2. The van der Waals surface area contributed by atoms with Crippen molar-refractivity contribution in [3.05, 3.63) is 18.2 Å². The van der Waals surface area contributed by atoms with Crippen molar-refractivity contribution in [2.24, 2.45) is 11.7 Å². The van der Waals surface area contributed by atoms with Crippen LogP contribution in [0.4, 0.5) is 0 Å². The minimum Gasteiger partial charge on any atom is -0.341 e. The molecule has 16 heavy (non-hydrogen) atoms. The molecule has 1 amide bonds. The molecule has 5 heteroatoms. The predicted molar refractivity (Wildman–Crippen MR) is 60.7 cm³/mol. The van der Waals surface area contributed by atoms with Crippen molar-refractivity contribution in [3.8, 4) is 0 Å². The number of hydrogen-bond acceptors (Lipinski definition) is 3. The van der Waals surface area contributed by atoms with Gasteiger partial charge in [-0.1, -0.05) is 0 Å². The average molecular weight is 222 g/mol. The monoisotopic (exact) mass is 222 g/mol. The molecule has 0 spiro atoms. The zero-order chi connectivity index (χ0) is 11.5. The summed E-state index contributed by atoms with van der Waals surface area (Å²) in [6.45, 7) is 4.95. The molecule has 1 aromatic heterocycles. The number of amides is 1. The number of carbonyl (C=O) groups is 1. The van der Waals surface area contributed by atoms with Crippen LogP contribution in [0.1, 0.15) is 12.2 Å². The Kier molecular flexibility index (Phi) is 3.24. The van der Waals surface area contributed by atoms with Gasteiger partial charge in [0.05, 0.1) is 0 Å². The number of nitrogens with zero attached hydrogens (tertiary/aromatic N) is 3. The largest absolute Gasteiger partial charge is 0.341 e. The maximum atomic E-state index is 11.6. The average Bonchev–Trinajstić information content (AvgIpc) is 2.82. The Labute approximate surface area is 95.2 Å². The highest BCUT2D eigenvalue weighted by molar-refractivity contribution is 5.78. The molecular formula is C11H18N4O. The number of rotatable bonds is 4. The van der Waals surface area contributed by atoms with Crippen LogP contribution >= 0.6 is 0 Å². The molecule has 1 saturated heterocycles. The van der Waals surface area contributed by atoms with E-state index in [1.54, 1.807) is 6.20 Å². The van der Waals surface area contributed by atoms with Gasteiger partial charge in [-0.25, -0.2) is 4.98 Å². The van der Waals surface area contributed by atoms with E-state index in [9.17, 15) is 4.79 Å². The van der Waals surface area contributed by atoms with Crippen molar-refractivity contribution >= 4 is 5.91 Å². The maximum Gasteiger partial charge on any atom is 0.223 e. The third-order valence-corrected chi connectivity index (χ3v) is 3.16. The minimum absolute atomic E-state index is 0.230. The van der Waals surface area contributed by atoms with E-state index in [4.69, 9.17) is 5.73 Å². The maximum absolute atomic E-state index is 11.6. The summed E-state index contributed by atoms with van der Waals surface area (Å²) >= 11 is 0. The van der Waals surface area contributed by atoms with Gasteiger partial charge in [-0.2, -0.15) is 0 Å². The number of carbonyl (C=O) groups excluding carboxylic acids is 1. The van der Waals surface area contributed by atoms with E-state index >= 15 is 0 Å². The molecule has 1 aromatic rings. The lowest BCUT2D eigenvalue weighted by Crippen LogP contribution is -2.29. The molecule has 2 N–H and O–H groups in total. The minimum atomic E-state index is 0.230. The van der Waals surface area contributed by atoms with Gasteiger partial charge in [0, 0.05) is 38.4 Å². The first-order chi connectivity index (χ1) is 7.70. The van der Waals surface area contributed by atoms with Crippen LogP contribution in [0.3, 0.4) is 0 Å². The lowest BCUT2D eigenvalue weighted by molar-refractivity contribution is -0.127. The van der Waals surface area contributed by atoms with Crippen molar-refractivity contribution in [2.45, 2.75) is 19.9 Å². The van der Waals surface area contributed by atoms with Crippen LogP contribution in [0.15, 0.2) is 12.4 Å². The Morgan fingerprint density at radius 1 is 1.56 bits per heavy atom. The van der Waals surface area contributed by atoms with Gasteiger partial charge in [0.2, 0.25) is 5.91 Å². The molecule has 5 nitrogen and oxygen atoms in total. The van der Waals surface area contributed by atoms with Gasteiger partial charge in [-0.3, -0.25) is 4.79 Å². The van der Waals surface area contributed by atoms with E-state index in [1.807, 2.05) is 18.0 Å². The molecule has 0 bridgehead atoms. The summed E-state index contributed by atoms with van der Waals surface area (Å²) in [7, 11) is 0. The van der Waals surface area contributed by atoms with Crippen molar-refractivity contribution in [3.63, 3.8) is 0 Å². The molecule has 0 radical (unpaired) electrons. The van der Waals surface area contributed by atoms with Crippen molar-refractivity contribution in [2.75, 3.05) is 19.6 Å². The first-order valence-electron chi connectivity index (χ1n) is 5.66. The van der Waals surface area contributed by atoms with E-state index in [1.165, 1.54) is 0 Å². The molecule has 1 unspecified atom stereocenters. The summed E-state index contributed by atoms with van der Waals surface area (Å²) in [6.07, 6.45) is 4.33. The molecule has 0 aromatic carbocycles. The number of hydrogen-bond donors (Lipinski definition) is 1. The van der Waals surface area contributed by atoms with Crippen LogP contribution in [0.5, 0.6) is 0 Å². The lowest BCUT2D eigenvalue weighted by atomic mass is 10.1. The van der Waals surface area contributed by atoms with Crippen LogP contribution in [-0.2, 0) is 11.3 Å². The van der Waals surface area contributed by atoms with Gasteiger partial charge in [0.15, 0.2) is 0 Å². The van der Waals surface area contributed by atoms with Gasteiger partial charge in [0.1, 0.15) is 5.82 Å². The smallest absolute Gasteiger partial charge is 0.223 e. The van der Waals surface area contributed by atoms with Crippen LogP contribution < -0.4 is 5.73 Å². The Hall–Kier alpha value is -1.36.